The fraction of sp³-hybridized carbons (Fsp3) is 0.111. The molecule has 0 bridgehead atoms. The zero-order valence-electron chi connectivity index (χ0n) is 7.79. The zero-order valence-corrected chi connectivity index (χ0v) is 11.7. The molecule has 0 saturated carbocycles. The monoisotopic (exact) mass is 367 g/mol. The highest BCUT2D eigenvalue weighted by Crippen LogP contribution is 2.18. The first-order valence-corrected chi connectivity index (χ1v) is 6.22. The molecule has 0 unspecified atom stereocenters. The van der Waals surface area contributed by atoms with Gasteiger partial charge in [0.1, 0.15) is 5.82 Å². The van der Waals surface area contributed by atoms with Crippen molar-refractivity contribution in [2.75, 3.05) is 0 Å². The molecule has 0 saturated heterocycles. The van der Waals surface area contributed by atoms with E-state index in [9.17, 15) is 4.39 Å². The maximum atomic E-state index is 12.9. The molecule has 2 aromatic rings. The lowest BCUT2D eigenvalue weighted by Gasteiger charge is -2.03. The third-order valence-electron chi connectivity index (χ3n) is 1.92. The van der Waals surface area contributed by atoms with Crippen LogP contribution in [0.25, 0.3) is 0 Å². The summed E-state index contributed by atoms with van der Waals surface area (Å²) in [6.07, 6.45) is 0. The molecule has 0 radical (unpaired) electrons. The Morgan fingerprint density at radius 2 is 2.12 bits per heavy atom. The van der Waals surface area contributed by atoms with E-state index in [2.05, 4.69) is 41.9 Å². The van der Waals surface area contributed by atoms with Gasteiger partial charge in [0, 0.05) is 0 Å². The highest BCUT2D eigenvalue weighted by Gasteiger charge is 2.07. The number of halogens is 4. The molecular formula is C9H5Br2ClFN3. The van der Waals surface area contributed by atoms with E-state index in [4.69, 9.17) is 11.6 Å². The molecule has 3 nitrogen and oxygen atoms in total. The van der Waals surface area contributed by atoms with E-state index in [1.54, 1.807) is 16.8 Å². The molecule has 16 heavy (non-hydrogen) atoms. The van der Waals surface area contributed by atoms with Crippen LogP contribution in [0.3, 0.4) is 0 Å². The quantitative estimate of drug-likeness (QED) is 0.809. The van der Waals surface area contributed by atoms with E-state index < -0.39 is 5.82 Å². The van der Waals surface area contributed by atoms with Gasteiger partial charge in [0.15, 0.2) is 4.73 Å². The van der Waals surface area contributed by atoms with Crippen molar-refractivity contribution in [1.82, 2.24) is 14.8 Å². The Morgan fingerprint density at radius 1 is 1.38 bits per heavy atom. The molecule has 84 valence electrons. The van der Waals surface area contributed by atoms with Crippen LogP contribution < -0.4 is 0 Å². The topological polar surface area (TPSA) is 30.7 Å². The number of nitrogens with zero attached hydrogens (tertiary/aromatic N) is 3. The number of hydrogen-bond acceptors (Lipinski definition) is 2. The van der Waals surface area contributed by atoms with Gasteiger partial charge in [-0.2, -0.15) is 4.98 Å². The molecule has 1 aromatic heterocycles. The van der Waals surface area contributed by atoms with Crippen molar-refractivity contribution in [3.8, 4) is 0 Å². The summed E-state index contributed by atoms with van der Waals surface area (Å²) in [5, 5.41) is 4.20. The summed E-state index contributed by atoms with van der Waals surface area (Å²) in [6, 6.07) is 4.56. The van der Waals surface area contributed by atoms with E-state index in [0.717, 1.165) is 5.56 Å². The van der Waals surface area contributed by atoms with Crippen molar-refractivity contribution >= 4 is 43.5 Å². The number of hydrogen-bond donors (Lipinski definition) is 0. The fourth-order valence-electron chi connectivity index (χ4n) is 1.21. The van der Waals surface area contributed by atoms with Gasteiger partial charge >= 0.3 is 0 Å². The Labute approximate surface area is 113 Å². The van der Waals surface area contributed by atoms with Gasteiger partial charge < -0.3 is 0 Å². The summed E-state index contributed by atoms with van der Waals surface area (Å²) >= 11 is 12.1. The van der Waals surface area contributed by atoms with Crippen LogP contribution in [0, 0.1) is 5.82 Å². The maximum Gasteiger partial charge on any atom is 0.218 e. The molecule has 1 aromatic carbocycles. The minimum absolute atomic E-state index is 0.104. The molecule has 0 N–H and O–H groups in total. The average molecular weight is 369 g/mol. The van der Waals surface area contributed by atoms with Gasteiger partial charge in [-0.25, -0.2) is 9.07 Å². The van der Waals surface area contributed by atoms with Crippen LogP contribution in [0.1, 0.15) is 5.56 Å². The van der Waals surface area contributed by atoms with Crippen molar-refractivity contribution < 1.29 is 4.39 Å². The summed E-state index contributed by atoms with van der Waals surface area (Å²) < 4.78 is 15.7. The van der Waals surface area contributed by atoms with Gasteiger partial charge in [-0.05, 0) is 49.6 Å². The summed E-state index contributed by atoms with van der Waals surface area (Å²) in [6.45, 7) is 0.471. The Hall–Kier alpha value is -0.460. The molecule has 0 aliphatic heterocycles. The maximum absolute atomic E-state index is 12.9. The third-order valence-corrected chi connectivity index (χ3v) is 3.13. The molecule has 1 heterocycles. The Bertz CT molecular complexity index is 529. The second-order valence-electron chi connectivity index (χ2n) is 3.06. The van der Waals surface area contributed by atoms with Gasteiger partial charge in [-0.1, -0.05) is 17.7 Å². The number of aromatic nitrogens is 3. The third kappa shape index (κ3) is 2.61. The van der Waals surface area contributed by atoms with E-state index in [-0.39, 0.29) is 5.02 Å². The Kier molecular flexibility index (Phi) is 3.61. The van der Waals surface area contributed by atoms with Crippen molar-refractivity contribution in [1.29, 1.82) is 0 Å². The molecule has 0 spiro atoms. The minimum Gasteiger partial charge on any atom is -0.235 e. The van der Waals surface area contributed by atoms with E-state index in [1.165, 1.54) is 6.07 Å². The summed E-state index contributed by atoms with van der Waals surface area (Å²) in [4.78, 5) is 4.03. The summed E-state index contributed by atoms with van der Waals surface area (Å²) in [5.41, 5.74) is 0.851. The average Bonchev–Trinajstić information content (AvgIpc) is 2.51. The normalized spacial score (nSPS) is 10.8. The first-order valence-electron chi connectivity index (χ1n) is 4.26. The van der Waals surface area contributed by atoms with Crippen LogP contribution in [0.4, 0.5) is 4.39 Å². The van der Waals surface area contributed by atoms with E-state index >= 15 is 0 Å². The zero-order chi connectivity index (χ0) is 11.7. The van der Waals surface area contributed by atoms with Crippen molar-refractivity contribution in [3.05, 3.63) is 44.1 Å². The molecule has 0 amide bonds. The molecule has 0 atom stereocenters. The van der Waals surface area contributed by atoms with Gasteiger partial charge in [-0.3, -0.25) is 0 Å². The van der Waals surface area contributed by atoms with E-state index in [0.29, 0.717) is 16.0 Å². The smallest absolute Gasteiger partial charge is 0.218 e. The molecule has 7 heteroatoms. The molecule has 2 rings (SSSR count). The first-order chi connectivity index (χ1) is 7.56. The SMILES string of the molecule is Fc1ccc(Cn2nc(Br)nc2Br)cc1Cl. The lowest BCUT2D eigenvalue weighted by atomic mass is 10.2. The van der Waals surface area contributed by atoms with Crippen LogP contribution in [0.2, 0.25) is 5.02 Å². The highest BCUT2D eigenvalue weighted by molar-refractivity contribution is 9.11. The van der Waals surface area contributed by atoms with Crippen LogP contribution in [-0.4, -0.2) is 14.8 Å². The number of benzene rings is 1. The van der Waals surface area contributed by atoms with Crippen molar-refractivity contribution in [2.24, 2.45) is 0 Å². The van der Waals surface area contributed by atoms with Crippen LogP contribution in [0.5, 0.6) is 0 Å². The molecular weight excluding hydrogens is 364 g/mol. The second kappa shape index (κ2) is 4.81. The Balaban J connectivity index is 2.27. The fourth-order valence-corrected chi connectivity index (χ4v) is 2.38. The van der Waals surface area contributed by atoms with Gasteiger partial charge in [0.25, 0.3) is 0 Å². The van der Waals surface area contributed by atoms with Crippen LogP contribution >= 0.6 is 43.5 Å². The van der Waals surface area contributed by atoms with Crippen LogP contribution in [-0.2, 0) is 6.54 Å². The largest absolute Gasteiger partial charge is 0.235 e. The summed E-state index contributed by atoms with van der Waals surface area (Å²) in [7, 11) is 0. The predicted molar refractivity (Wildman–Crippen MR) is 65.9 cm³/mol. The van der Waals surface area contributed by atoms with Crippen LogP contribution in [0.15, 0.2) is 27.7 Å². The van der Waals surface area contributed by atoms with Gasteiger partial charge in [-0.15, -0.1) is 5.10 Å². The summed E-state index contributed by atoms with van der Waals surface area (Å²) in [5.74, 6) is -0.427. The predicted octanol–water partition coefficient (Wildman–Crippen LogP) is 3.64. The van der Waals surface area contributed by atoms with Crippen molar-refractivity contribution in [2.45, 2.75) is 6.54 Å². The molecule has 0 aliphatic rings. The molecule has 0 aliphatic carbocycles. The molecule has 0 fully saturated rings. The standard InChI is InChI=1S/C9H5Br2ClFN3/c10-8-14-9(11)16(15-8)4-5-1-2-7(13)6(12)3-5/h1-3H,4H2. The minimum atomic E-state index is -0.427. The highest BCUT2D eigenvalue weighted by atomic mass is 79.9. The van der Waals surface area contributed by atoms with E-state index in [1.807, 2.05) is 0 Å². The Morgan fingerprint density at radius 3 is 2.69 bits per heavy atom. The first kappa shape index (κ1) is 12.0. The number of rotatable bonds is 2. The van der Waals surface area contributed by atoms with Gasteiger partial charge in [0.2, 0.25) is 4.73 Å². The second-order valence-corrected chi connectivity index (χ2v) is 4.88. The lowest BCUT2D eigenvalue weighted by molar-refractivity contribution is 0.623. The van der Waals surface area contributed by atoms with Gasteiger partial charge in [0.05, 0.1) is 11.6 Å². The van der Waals surface area contributed by atoms with Crippen molar-refractivity contribution in [3.63, 3.8) is 0 Å². The lowest BCUT2D eigenvalue weighted by Crippen LogP contribution is -2.02.